The molecule has 0 bridgehead atoms. The van der Waals surface area contributed by atoms with Crippen LogP contribution in [0.4, 0.5) is 5.69 Å². The summed E-state index contributed by atoms with van der Waals surface area (Å²) >= 11 is 0. The van der Waals surface area contributed by atoms with Crippen LogP contribution in [0.25, 0.3) is 0 Å². The highest BCUT2D eigenvalue weighted by Crippen LogP contribution is 2.28. The first-order chi connectivity index (χ1) is 10.3. The summed E-state index contributed by atoms with van der Waals surface area (Å²) in [5.41, 5.74) is 2.45. The van der Waals surface area contributed by atoms with Crippen molar-refractivity contribution in [3.8, 4) is 5.75 Å². The number of hydrogen-bond acceptors (Lipinski definition) is 3. The minimum atomic E-state index is 0.198. The summed E-state index contributed by atoms with van der Waals surface area (Å²) in [6, 6.07) is 18.7. The van der Waals surface area contributed by atoms with Crippen LogP contribution in [0.1, 0.15) is 12.5 Å². The summed E-state index contributed by atoms with van der Waals surface area (Å²) in [4.78, 5) is 2.43. The molecule has 0 aliphatic carbocycles. The van der Waals surface area contributed by atoms with Gasteiger partial charge in [0.2, 0.25) is 0 Å². The van der Waals surface area contributed by atoms with E-state index in [1.54, 1.807) is 0 Å². The van der Waals surface area contributed by atoms with Gasteiger partial charge in [0.1, 0.15) is 11.9 Å². The van der Waals surface area contributed by atoms with Gasteiger partial charge in [0.25, 0.3) is 0 Å². The van der Waals surface area contributed by atoms with Gasteiger partial charge in [0.15, 0.2) is 0 Å². The number of nitrogens with zero attached hydrogens (tertiary/aromatic N) is 1. The van der Waals surface area contributed by atoms with Gasteiger partial charge in [-0.1, -0.05) is 49.4 Å². The molecule has 1 atom stereocenters. The predicted molar refractivity (Wildman–Crippen MR) is 86.7 cm³/mol. The Balaban J connectivity index is 1.60. The quantitative estimate of drug-likeness (QED) is 0.910. The van der Waals surface area contributed by atoms with E-state index in [4.69, 9.17) is 4.74 Å². The zero-order valence-corrected chi connectivity index (χ0v) is 12.5. The maximum Gasteiger partial charge on any atom is 0.142 e. The van der Waals surface area contributed by atoms with E-state index in [0.717, 1.165) is 37.6 Å². The van der Waals surface area contributed by atoms with Crippen LogP contribution in [-0.4, -0.2) is 30.6 Å². The second-order valence-corrected chi connectivity index (χ2v) is 5.43. The molecule has 21 heavy (non-hydrogen) atoms. The number of ether oxygens (including phenoxy) is 1. The van der Waals surface area contributed by atoms with Gasteiger partial charge in [0.05, 0.1) is 12.2 Å². The van der Waals surface area contributed by atoms with Crippen LogP contribution in [0.5, 0.6) is 5.75 Å². The second-order valence-electron chi connectivity index (χ2n) is 5.43. The van der Waals surface area contributed by atoms with Crippen molar-refractivity contribution in [1.29, 1.82) is 0 Å². The fourth-order valence-corrected chi connectivity index (χ4v) is 2.70. The number of hydrogen-bond donors (Lipinski definition) is 1. The molecule has 1 aliphatic rings. The van der Waals surface area contributed by atoms with E-state index in [0.29, 0.717) is 0 Å². The predicted octanol–water partition coefficient (Wildman–Crippen LogP) is 3.38. The summed E-state index contributed by atoms with van der Waals surface area (Å²) < 4.78 is 6.10. The molecular formula is C18H22N2O. The Morgan fingerprint density at radius 2 is 1.86 bits per heavy atom. The molecule has 1 heterocycles. The standard InChI is InChI=1S/C18H22N2O/c1-2-20(13-15-8-4-3-5-9-15)14-16-12-19-17-10-6-7-11-18(17)21-16/h3-11,16,19H,2,12-14H2,1H3. The Bertz CT molecular complexity index is 570. The van der Waals surface area contributed by atoms with Gasteiger partial charge in [-0.15, -0.1) is 0 Å². The highest BCUT2D eigenvalue weighted by molar-refractivity contribution is 5.57. The Labute approximate surface area is 126 Å². The first-order valence-corrected chi connectivity index (χ1v) is 7.61. The third-order valence-corrected chi connectivity index (χ3v) is 3.86. The molecular weight excluding hydrogens is 260 g/mol. The largest absolute Gasteiger partial charge is 0.485 e. The van der Waals surface area contributed by atoms with Crippen LogP contribution >= 0.6 is 0 Å². The van der Waals surface area contributed by atoms with Crippen LogP contribution in [0, 0.1) is 0 Å². The fourth-order valence-electron chi connectivity index (χ4n) is 2.70. The van der Waals surface area contributed by atoms with Gasteiger partial charge in [-0.05, 0) is 24.2 Å². The Kier molecular flexibility index (Phi) is 4.41. The lowest BCUT2D eigenvalue weighted by molar-refractivity contribution is 0.135. The number of rotatable bonds is 5. The van der Waals surface area contributed by atoms with E-state index in [-0.39, 0.29) is 6.10 Å². The second kappa shape index (κ2) is 6.64. The lowest BCUT2D eigenvalue weighted by Crippen LogP contribution is -2.41. The summed E-state index contributed by atoms with van der Waals surface area (Å²) in [6.45, 7) is 6.00. The summed E-state index contributed by atoms with van der Waals surface area (Å²) in [6.07, 6.45) is 0.198. The van der Waals surface area contributed by atoms with E-state index in [9.17, 15) is 0 Å². The Hall–Kier alpha value is -2.00. The van der Waals surface area contributed by atoms with Crippen molar-refractivity contribution in [1.82, 2.24) is 4.90 Å². The molecule has 2 aromatic carbocycles. The number of likely N-dealkylation sites (N-methyl/N-ethyl adjacent to an activating group) is 1. The molecule has 3 nitrogen and oxygen atoms in total. The molecule has 0 fully saturated rings. The van der Waals surface area contributed by atoms with Crippen LogP contribution in [0.15, 0.2) is 54.6 Å². The molecule has 110 valence electrons. The van der Waals surface area contributed by atoms with E-state index < -0.39 is 0 Å². The molecule has 0 aromatic heterocycles. The molecule has 0 amide bonds. The van der Waals surface area contributed by atoms with Gasteiger partial charge >= 0.3 is 0 Å². The molecule has 0 saturated carbocycles. The van der Waals surface area contributed by atoms with Crippen LogP contribution in [0.2, 0.25) is 0 Å². The zero-order chi connectivity index (χ0) is 14.5. The molecule has 0 radical (unpaired) electrons. The lowest BCUT2D eigenvalue weighted by atomic mass is 10.2. The Morgan fingerprint density at radius 3 is 2.67 bits per heavy atom. The van der Waals surface area contributed by atoms with Crippen LogP contribution < -0.4 is 10.1 Å². The molecule has 2 aromatic rings. The average molecular weight is 282 g/mol. The first-order valence-electron chi connectivity index (χ1n) is 7.61. The minimum Gasteiger partial charge on any atom is -0.485 e. The maximum atomic E-state index is 6.10. The highest BCUT2D eigenvalue weighted by Gasteiger charge is 2.20. The summed E-state index contributed by atoms with van der Waals surface area (Å²) in [5.74, 6) is 0.963. The van der Waals surface area contributed by atoms with E-state index in [1.807, 2.05) is 18.2 Å². The number of anilines is 1. The van der Waals surface area contributed by atoms with Gasteiger partial charge in [-0.25, -0.2) is 0 Å². The van der Waals surface area contributed by atoms with E-state index in [1.165, 1.54) is 5.56 Å². The van der Waals surface area contributed by atoms with Crippen molar-refractivity contribution in [2.45, 2.75) is 19.6 Å². The van der Waals surface area contributed by atoms with Gasteiger partial charge in [-0.2, -0.15) is 0 Å². The van der Waals surface area contributed by atoms with Crippen molar-refractivity contribution in [3.05, 3.63) is 60.2 Å². The fraction of sp³-hybridized carbons (Fsp3) is 0.333. The van der Waals surface area contributed by atoms with Crippen molar-refractivity contribution >= 4 is 5.69 Å². The van der Waals surface area contributed by atoms with Gasteiger partial charge in [0, 0.05) is 13.1 Å². The lowest BCUT2D eigenvalue weighted by Gasteiger charge is -2.31. The number of nitrogens with one attached hydrogen (secondary N) is 1. The Morgan fingerprint density at radius 1 is 1.10 bits per heavy atom. The zero-order valence-electron chi connectivity index (χ0n) is 12.5. The molecule has 0 saturated heterocycles. The van der Waals surface area contributed by atoms with Crippen molar-refractivity contribution < 1.29 is 4.74 Å². The number of fused-ring (bicyclic) bond motifs is 1. The molecule has 1 unspecified atom stereocenters. The SMILES string of the molecule is CCN(Cc1ccccc1)CC1CNc2ccccc2O1. The first kappa shape index (κ1) is 14.0. The highest BCUT2D eigenvalue weighted by atomic mass is 16.5. The monoisotopic (exact) mass is 282 g/mol. The van der Waals surface area contributed by atoms with E-state index >= 15 is 0 Å². The number of para-hydroxylation sites is 2. The minimum absolute atomic E-state index is 0.198. The molecule has 3 heteroatoms. The normalized spacial score (nSPS) is 17.0. The summed E-state index contributed by atoms with van der Waals surface area (Å²) in [5, 5.41) is 3.45. The smallest absolute Gasteiger partial charge is 0.142 e. The third kappa shape index (κ3) is 3.56. The molecule has 3 rings (SSSR count). The van der Waals surface area contributed by atoms with Crippen molar-refractivity contribution in [3.63, 3.8) is 0 Å². The topological polar surface area (TPSA) is 24.5 Å². The van der Waals surface area contributed by atoms with Crippen molar-refractivity contribution in [2.24, 2.45) is 0 Å². The summed E-state index contributed by atoms with van der Waals surface area (Å²) in [7, 11) is 0. The molecule has 1 N–H and O–H groups in total. The van der Waals surface area contributed by atoms with Crippen LogP contribution in [0.3, 0.4) is 0 Å². The van der Waals surface area contributed by atoms with Crippen LogP contribution in [-0.2, 0) is 6.54 Å². The van der Waals surface area contributed by atoms with E-state index in [2.05, 4.69) is 53.5 Å². The molecule has 1 aliphatic heterocycles. The van der Waals surface area contributed by atoms with Gasteiger partial charge < -0.3 is 10.1 Å². The maximum absolute atomic E-state index is 6.10. The third-order valence-electron chi connectivity index (χ3n) is 3.86. The number of benzene rings is 2. The van der Waals surface area contributed by atoms with Gasteiger partial charge in [-0.3, -0.25) is 4.90 Å². The van der Waals surface area contributed by atoms with Crippen molar-refractivity contribution in [2.75, 3.05) is 25.0 Å². The average Bonchev–Trinajstić information content (AvgIpc) is 2.55. The molecule has 0 spiro atoms.